The Kier molecular flexibility index (Phi) is 5.64. The first-order chi connectivity index (χ1) is 10.4. The molecule has 0 aliphatic heterocycles. The zero-order valence-electron chi connectivity index (χ0n) is 12.8. The lowest BCUT2D eigenvalue weighted by Crippen LogP contribution is -2.22. The Hall–Kier alpha value is -1.33. The number of ether oxygens (including phenoxy) is 1. The lowest BCUT2D eigenvalue weighted by atomic mass is 10.1. The van der Waals surface area contributed by atoms with Crippen LogP contribution in [0.2, 0.25) is 5.02 Å². The van der Waals surface area contributed by atoms with Crippen LogP contribution < -0.4 is 4.74 Å². The topological polar surface area (TPSA) is 44.1 Å². The third kappa shape index (κ3) is 3.70. The molecule has 1 aromatic heterocycles. The molecule has 0 atom stereocenters. The fraction of sp³-hybridized carbons (Fsp3) is 0.375. The van der Waals surface area contributed by atoms with E-state index in [2.05, 4.69) is 28.0 Å². The molecule has 1 aromatic carbocycles. The molecule has 2 rings (SSSR count). The van der Waals surface area contributed by atoms with Gasteiger partial charge in [-0.05, 0) is 60.0 Å². The molecular weight excluding hydrogens is 368 g/mol. The number of benzene rings is 1. The van der Waals surface area contributed by atoms with Crippen LogP contribution in [0.3, 0.4) is 0 Å². The Labute approximate surface area is 143 Å². The highest BCUT2D eigenvalue weighted by molar-refractivity contribution is 9.10. The summed E-state index contributed by atoms with van der Waals surface area (Å²) in [4.78, 5) is 12.3. The van der Waals surface area contributed by atoms with Crippen molar-refractivity contribution >= 4 is 33.4 Å². The first kappa shape index (κ1) is 17.0. The zero-order chi connectivity index (χ0) is 16.3. The van der Waals surface area contributed by atoms with E-state index >= 15 is 0 Å². The molecule has 22 heavy (non-hydrogen) atoms. The van der Waals surface area contributed by atoms with Crippen LogP contribution in [0.25, 0.3) is 0 Å². The van der Waals surface area contributed by atoms with Crippen molar-refractivity contribution in [1.82, 2.24) is 9.78 Å². The van der Waals surface area contributed by atoms with Gasteiger partial charge in [0.1, 0.15) is 5.75 Å². The Morgan fingerprint density at radius 1 is 1.41 bits per heavy atom. The van der Waals surface area contributed by atoms with Gasteiger partial charge < -0.3 is 4.74 Å². The van der Waals surface area contributed by atoms with Gasteiger partial charge in [-0.1, -0.05) is 24.9 Å². The molecule has 0 saturated carbocycles. The fourth-order valence-corrected chi connectivity index (χ4v) is 3.12. The molecule has 0 aliphatic rings. The summed E-state index contributed by atoms with van der Waals surface area (Å²) in [7, 11) is 0. The van der Waals surface area contributed by atoms with E-state index < -0.39 is 0 Å². The lowest BCUT2D eigenvalue weighted by molar-refractivity contribution is 0.0817. The summed E-state index contributed by atoms with van der Waals surface area (Å²) in [6.07, 6.45) is 1.95. The predicted molar refractivity (Wildman–Crippen MR) is 91.0 cm³/mol. The monoisotopic (exact) mass is 384 g/mol. The van der Waals surface area contributed by atoms with Crippen molar-refractivity contribution in [2.75, 3.05) is 6.61 Å². The Bertz CT molecular complexity index is 698. The second-order valence-electron chi connectivity index (χ2n) is 5.07. The van der Waals surface area contributed by atoms with Crippen molar-refractivity contribution < 1.29 is 9.53 Å². The van der Waals surface area contributed by atoms with E-state index in [1.165, 1.54) is 4.68 Å². The molecule has 118 valence electrons. The molecule has 1 heterocycles. The number of aryl methyl sites for hydroxylation is 1. The van der Waals surface area contributed by atoms with Crippen molar-refractivity contribution in [3.05, 3.63) is 44.6 Å². The normalized spacial score (nSPS) is 10.8. The van der Waals surface area contributed by atoms with Gasteiger partial charge in [-0.25, -0.2) is 4.68 Å². The summed E-state index contributed by atoms with van der Waals surface area (Å²) in [6.45, 7) is 5.88. The average Bonchev–Trinajstić information content (AvgIpc) is 2.74. The van der Waals surface area contributed by atoms with Gasteiger partial charge in [-0.3, -0.25) is 4.79 Å². The van der Waals surface area contributed by atoms with Crippen molar-refractivity contribution in [2.24, 2.45) is 0 Å². The first-order valence-electron chi connectivity index (χ1n) is 7.10. The van der Waals surface area contributed by atoms with Gasteiger partial charge in [-0.15, -0.1) is 0 Å². The van der Waals surface area contributed by atoms with Crippen molar-refractivity contribution in [3.63, 3.8) is 0 Å². The molecule has 0 bridgehead atoms. The smallest absolute Gasteiger partial charge is 0.284 e. The third-order valence-corrected chi connectivity index (χ3v) is 4.28. The van der Waals surface area contributed by atoms with E-state index in [1.807, 2.05) is 13.8 Å². The van der Waals surface area contributed by atoms with Crippen LogP contribution in [-0.4, -0.2) is 22.3 Å². The van der Waals surface area contributed by atoms with Gasteiger partial charge in [0, 0.05) is 10.7 Å². The first-order valence-corrected chi connectivity index (χ1v) is 8.27. The standard InChI is InChI=1S/C16H18BrClN2O2/c1-4-5-13-10(2)19-20(11(13)3)16(21)9-22-15-7-6-12(18)8-14(15)17/h6-8H,4-5,9H2,1-3H3. The molecule has 0 radical (unpaired) electrons. The maximum absolute atomic E-state index is 12.3. The number of halogens is 2. The minimum atomic E-state index is -0.190. The quantitative estimate of drug-likeness (QED) is 0.756. The Morgan fingerprint density at radius 2 is 2.14 bits per heavy atom. The second-order valence-corrected chi connectivity index (χ2v) is 6.36. The summed E-state index contributed by atoms with van der Waals surface area (Å²) < 4.78 is 7.71. The summed E-state index contributed by atoms with van der Waals surface area (Å²) in [6, 6.07) is 5.17. The number of aromatic nitrogens is 2. The van der Waals surface area contributed by atoms with Crippen LogP contribution in [0.5, 0.6) is 5.75 Å². The highest BCUT2D eigenvalue weighted by Gasteiger charge is 2.16. The Balaban J connectivity index is 2.11. The van der Waals surface area contributed by atoms with E-state index in [9.17, 15) is 4.79 Å². The van der Waals surface area contributed by atoms with Crippen LogP contribution >= 0.6 is 27.5 Å². The number of rotatable bonds is 5. The van der Waals surface area contributed by atoms with Crippen molar-refractivity contribution in [2.45, 2.75) is 33.6 Å². The number of hydrogen-bond donors (Lipinski definition) is 0. The van der Waals surface area contributed by atoms with Crippen LogP contribution in [0.1, 0.15) is 35.1 Å². The van der Waals surface area contributed by atoms with E-state index in [-0.39, 0.29) is 12.5 Å². The number of hydrogen-bond acceptors (Lipinski definition) is 3. The third-order valence-electron chi connectivity index (χ3n) is 3.42. The molecule has 0 saturated heterocycles. The number of carbonyl (C=O) groups is 1. The van der Waals surface area contributed by atoms with Gasteiger partial charge in [0.25, 0.3) is 5.91 Å². The molecule has 0 amide bonds. The predicted octanol–water partition coefficient (Wildman–Crippen LogP) is 4.59. The van der Waals surface area contributed by atoms with Crippen LogP contribution in [0, 0.1) is 13.8 Å². The molecule has 0 N–H and O–H groups in total. The molecule has 2 aromatic rings. The van der Waals surface area contributed by atoms with Crippen LogP contribution in [0.15, 0.2) is 22.7 Å². The lowest BCUT2D eigenvalue weighted by Gasteiger charge is -2.08. The molecular formula is C16H18BrClN2O2. The largest absolute Gasteiger partial charge is 0.482 e. The van der Waals surface area contributed by atoms with Gasteiger partial charge >= 0.3 is 0 Å². The zero-order valence-corrected chi connectivity index (χ0v) is 15.2. The summed E-state index contributed by atoms with van der Waals surface area (Å²) in [5.74, 6) is 0.387. The van der Waals surface area contributed by atoms with E-state index in [1.54, 1.807) is 18.2 Å². The molecule has 0 fully saturated rings. The summed E-state index contributed by atoms with van der Waals surface area (Å²) >= 11 is 9.24. The maximum Gasteiger partial charge on any atom is 0.284 e. The van der Waals surface area contributed by atoms with Gasteiger partial charge in [0.05, 0.1) is 10.2 Å². The van der Waals surface area contributed by atoms with Crippen LogP contribution in [0.4, 0.5) is 0 Å². The maximum atomic E-state index is 12.3. The van der Waals surface area contributed by atoms with Gasteiger partial charge in [0.15, 0.2) is 6.61 Å². The van der Waals surface area contributed by atoms with E-state index in [0.29, 0.717) is 15.2 Å². The highest BCUT2D eigenvalue weighted by Crippen LogP contribution is 2.28. The average molecular weight is 386 g/mol. The van der Waals surface area contributed by atoms with E-state index in [4.69, 9.17) is 16.3 Å². The molecule has 4 nitrogen and oxygen atoms in total. The number of nitrogens with zero attached hydrogens (tertiary/aromatic N) is 2. The number of carbonyl (C=O) groups excluding carboxylic acids is 1. The molecule has 0 aliphatic carbocycles. The van der Waals surface area contributed by atoms with E-state index in [0.717, 1.165) is 29.8 Å². The van der Waals surface area contributed by atoms with Crippen molar-refractivity contribution in [1.29, 1.82) is 0 Å². The van der Waals surface area contributed by atoms with Crippen molar-refractivity contribution in [3.8, 4) is 5.75 Å². The van der Waals surface area contributed by atoms with Gasteiger partial charge in [-0.2, -0.15) is 5.10 Å². The Morgan fingerprint density at radius 3 is 2.77 bits per heavy atom. The van der Waals surface area contributed by atoms with Gasteiger partial charge in [0.2, 0.25) is 0 Å². The molecule has 0 unspecified atom stereocenters. The second kappa shape index (κ2) is 7.29. The summed E-state index contributed by atoms with van der Waals surface area (Å²) in [5.41, 5.74) is 2.94. The van der Waals surface area contributed by atoms with Crippen LogP contribution in [-0.2, 0) is 6.42 Å². The molecule has 6 heteroatoms. The SMILES string of the molecule is CCCc1c(C)nn(C(=O)COc2ccc(Cl)cc2Br)c1C. The highest BCUT2D eigenvalue weighted by atomic mass is 79.9. The minimum absolute atomic E-state index is 0.0756. The molecule has 0 spiro atoms. The minimum Gasteiger partial charge on any atom is -0.482 e. The fourth-order valence-electron chi connectivity index (χ4n) is 2.32. The summed E-state index contributed by atoms with van der Waals surface area (Å²) in [5, 5.41) is 4.94.